The summed E-state index contributed by atoms with van der Waals surface area (Å²) in [6, 6.07) is 5.45. The fraction of sp³-hybridized carbons (Fsp3) is 0.417. The van der Waals surface area contributed by atoms with Gasteiger partial charge in [-0.2, -0.15) is 0 Å². The first-order chi connectivity index (χ1) is 7.56. The number of hydrogen-bond donors (Lipinski definition) is 2. The van der Waals surface area contributed by atoms with Crippen molar-refractivity contribution in [2.45, 2.75) is 32.4 Å². The molecule has 1 aromatic rings. The fourth-order valence-corrected chi connectivity index (χ4v) is 1.56. The van der Waals surface area contributed by atoms with Gasteiger partial charge in [0.1, 0.15) is 11.9 Å². The van der Waals surface area contributed by atoms with Gasteiger partial charge in [-0.25, -0.2) is 4.39 Å². The largest absolute Gasteiger partial charge is 0.480 e. The number of carboxylic acid groups (broad SMARTS) is 1. The Bertz CT molecular complexity index is 368. The predicted octanol–water partition coefficient (Wildman–Crippen LogP) is 2.34. The molecule has 0 fully saturated rings. The summed E-state index contributed by atoms with van der Waals surface area (Å²) >= 11 is 0. The first-order valence-corrected chi connectivity index (χ1v) is 5.29. The Morgan fingerprint density at radius 3 is 2.62 bits per heavy atom. The molecule has 0 aliphatic rings. The van der Waals surface area contributed by atoms with E-state index in [2.05, 4.69) is 5.32 Å². The number of carboxylic acids is 1. The maximum absolute atomic E-state index is 13.5. The Morgan fingerprint density at radius 1 is 1.50 bits per heavy atom. The van der Waals surface area contributed by atoms with Crippen LogP contribution in [0.1, 0.15) is 31.9 Å². The van der Waals surface area contributed by atoms with Crippen molar-refractivity contribution in [1.82, 2.24) is 5.32 Å². The molecule has 1 aromatic carbocycles. The molecule has 2 atom stereocenters. The van der Waals surface area contributed by atoms with Crippen molar-refractivity contribution >= 4 is 5.97 Å². The van der Waals surface area contributed by atoms with E-state index in [4.69, 9.17) is 5.11 Å². The van der Waals surface area contributed by atoms with Crippen LogP contribution in [-0.2, 0) is 4.79 Å². The summed E-state index contributed by atoms with van der Waals surface area (Å²) in [6.07, 6.45) is 0.637. The highest BCUT2D eigenvalue weighted by Crippen LogP contribution is 2.20. The van der Waals surface area contributed by atoms with Crippen LogP contribution in [0.4, 0.5) is 4.39 Å². The van der Waals surface area contributed by atoms with Crippen molar-refractivity contribution in [2.75, 3.05) is 0 Å². The third-order valence-corrected chi connectivity index (χ3v) is 2.51. The second kappa shape index (κ2) is 5.61. The lowest BCUT2D eigenvalue weighted by Gasteiger charge is -2.20. The molecule has 0 heterocycles. The molecular weight excluding hydrogens is 209 g/mol. The third kappa shape index (κ3) is 3.03. The third-order valence-electron chi connectivity index (χ3n) is 2.51. The van der Waals surface area contributed by atoms with E-state index in [-0.39, 0.29) is 11.9 Å². The second-order valence-electron chi connectivity index (χ2n) is 3.71. The summed E-state index contributed by atoms with van der Waals surface area (Å²) in [5.41, 5.74) is 0.512. The Kier molecular flexibility index (Phi) is 4.43. The van der Waals surface area contributed by atoms with Gasteiger partial charge in [0.25, 0.3) is 0 Å². The molecule has 3 nitrogen and oxygen atoms in total. The van der Waals surface area contributed by atoms with Gasteiger partial charge in [-0.1, -0.05) is 25.1 Å². The molecule has 0 saturated heterocycles. The lowest BCUT2D eigenvalue weighted by atomic mass is 10.0. The molecule has 0 aliphatic heterocycles. The zero-order valence-corrected chi connectivity index (χ0v) is 9.40. The Balaban J connectivity index is 2.83. The molecule has 88 valence electrons. The van der Waals surface area contributed by atoms with E-state index in [1.165, 1.54) is 6.07 Å². The van der Waals surface area contributed by atoms with Gasteiger partial charge in [0.05, 0.1) is 0 Å². The number of rotatable bonds is 5. The van der Waals surface area contributed by atoms with Crippen LogP contribution < -0.4 is 5.32 Å². The zero-order valence-electron chi connectivity index (χ0n) is 9.40. The Morgan fingerprint density at radius 2 is 2.12 bits per heavy atom. The van der Waals surface area contributed by atoms with Crippen molar-refractivity contribution in [3.05, 3.63) is 35.6 Å². The minimum atomic E-state index is -0.935. The first-order valence-electron chi connectivity index (χ1n) is 5.29. The average Bonchev–Trinajstić information content (AvgIpc) is 2.26. The summed E-state index contributed by atoms with van der Waals surface area (Å²) in [5, 5.41) is 11.7. The molecule has 0 bridgehead atoms. The number of benzene rings is 1. The lowest BCUT2D eigenvalue weighted by Crippen LogP contribution is -2.36. The number of halogens is 1. The molecule has 0 radical (unpaired) electrons. The standard InChI is InChI=1S/C12H16FNO2/c1-3-11(14-8(2)12(15)16)9-6-4-5-7-10(9)13/h4-8,11,14H,3H2,1-2H3,(H,15,16). The summed E-state index contributed by atoms with van der Waals surface area (Å²) < 4.78 is 13.5. The summed E-state index contributed by atoms with van der Waals surface area (Å²) in [6.45, 7) is 3.44. The van der Waals surface area contributed by atoms with E-state index in [0.717, 1.165) is 0 Å². The van der Waals surface area contributed by atoms with Crippen molar-refractivity contribution in [3.63, 3.8) is 0 Å². The van der Waals surface area contributed by atoms with Gasteiger partial charge in [0.15, 0.2) is 0 Å². The fourth-order valence-electron chi connectivity index (χ4n) is 1.56. The molecule has 2 unspecified atom stereocenters. The van der Waals surface area contributed by atoms with Crippen LogP contribution in [-0.4, -0.2) is 17.1 Å². The predicted molar refractivity (Wildman–Crippen MR) is 59.7 cm³/mol. The van der Waals surface area contributed by atoms with Crippen LogP contribution >= 0.6 is 0 Å². The second-order valence-corrected chi connectivity index (χ2v) is 3.71. The van der Waals surface area contributed by atoms with Crippen LogP contribution in [0.3, 0.4) is 0 Å². The Labute approximate surface area is 94.3 Å². The monoisotopic (exact) mass is 225 g/mol. The SMILES string of the molecule is CCC(NC(C)C(=O)O)c1ccccc1F. The number of carbonyl (C=O) groups is 1. The minimum absolute atomic E-state index is 0.271. The smallest absolute Gasteiger partial charge is 0.320 e. The van der Waals surface area contributed by atoms with Gasteiger partial charge in [-0.3, -0.25) is 10.1 Å². The molecule has 2 N–H and O–H groups in total. The van der Waals surface area contributed by atoms with E-state index < -0.39 is 12.0 Å². The maximum atomic E-state index is 13.5. The number of hydrogen-bond acceptors (Lipinski definition) is 2. The van der Waals surface area contributed by atoms with Crippen molar-refractivity contribution in [1.29, 1.82) is 0 Å². The average molecular weight is 225 g/mol. The van der Waals surface area contributed by atoms with Gasteiger partial charge < -0.3 is 5.11 Å². The minimum Gasteiger partial charge on any atom is -0.480 e. The maximum Gasteiger partial charge on any atom is 0.320 e. The topological polar surface area (TPSA) is 49.3 Å². The highest BCUT2D eigenvalue weighted by Gasteiger charge is 2.19. The van der Waals surface area contributed by atoms with Crippen LogP contribution in [0.2, 0.25) is 0 Å². The zero-order chi connectivity index (χ0) is 12.1. The molecule has 4 heteroatoms. The molecule has 0 amide bonds. The molecular formula is C12H16FNO2. The normalized spacial score (nSPS) is 14.4. The summed E-state index contributed by atoms with van der Waals surface area (Å²) in [5.74, 6) is -1.24. The van der Waals surface area contributed by atoms with E-state index >= 15 is 0 Å². The van der Waals surface area contributed by atoms with E-state index in [1.807, 2.05) is 6.92 Å². The summed E-state index contributed by atoms with van der Waals surface area (Å²) in [7, 11) is 0. The van der Waals surface area contributed by atoms with E-state index in [0.29, 0.717) is 12.0 Å². The summed E-state index contributed by atoms with van der Waals surface area (Å²) in [4.78, 5) is 10.7. The number of nitrogens with one attached hydrogen (secondary N) is 1. The molecule has 0 aliphatic carbocycles. The quantitative estimate of drug-likeness (QED) is 0.808. The van der Waals surface area contributed by atoms with Gasteiger partial charge in [0, 0.05) is 11.6 Å². The van der Waals surface area contributed by atoms with Crippen LogP contribution in [0, 0.1) is 5.82 Å². The van der Waals surface area contributed by atoms with Crippen molar-refractivity contribution in [2.24, 2.45) is 0 Å². The molecule has 0 aromatic heterocycles. The van der Waals surface area contributed by atoms with Gasteiger partial charge >= 0.3 is 5.97 Å². The van der Waals surface area contributed by atoms with E-state index in [9.17, 15) is 9.18 Å². The van der Waals surface area contributed by atoms with E-state index in [1.54, 1.807) is 25.1 Å². The van der Waals surface area contributed by atoms with Gasteiger partial charge in [-0.05, 0) is 19.4 Å². The van der Waals surface area contributed by atoms with Gasteiger partial charge in [-0.15, -0.1) is 0 Å². The molecule has 1 rings (SSSR count). The van der Waals surface area contributed by atoms with Crippen molar-refractivity contribution < 1.29 is 14.3 Å². The van der Waals surface area contributed by atoms with Crippen LogP contribution in [0.5, 0.6) is 0 Å². The number of aliphatic carboxylic acids is 1. The molecule has 16 heavy (non-hydrogen) atoms. The van der Waals surface area contributed by atoms with Crippen molar-refractivity contribution in [3.8, 4) is 0 Å². The molecule has 0 spiro atoms. The van der Waals surface area contributed by atoms with Crippen LogP contribution in [0.15, 0.2) is 24.3 Å². The molecule has 0 saturated carbocycles. The van der Waals surface area contributed by atoms with Crippen LogP contribution in [0.25, 0.3) is 0 Å². The first kappa shape index (κ1) is 12.6. The lowest BCUT2D eigenvalue weighted by molar-refractivity contribution is -0.139. The highest BCUT2D eigenvalue weighted by atomic mass is 19.1. The Hall–Kier alpha value is -1.42. The highest BCUT2D eigenvalue weighted by molar-refractivity contribution is 5.72. The van der Waals surface area contributed by atoms with Gasteiger partial charge in [0.2, 0.25) is 0 Å².